The molecule has 0 radical (unpaired) electrons. The van der Waals surface area contributed by atoms with Crippen molar-refractivity contribution in [2.75, 3.05) is 0 Å². The number of aliphatic carboxylic acids is 1. The Labute approximate surface area is 220 Å². The predicted molar refractivity (Wildman–Crippen MR) is 137 cm³/mol. The Kier molecular flexibility index (Phi) is 6.72. The van der Waals surface area contributed by atoms with Gasteiger partial charge in [0.1, 0.15) is 11.6 Å². The zero-order valence-electron chi connectivity index (χ0n) is 23.4. The highest BCUT2D eigenvalue weighted by molar-refractivity contribution is 6.01. The molecule has 7 heteroatoms. The van der Waals surface area contributed by atoms with Gasteiger partial charge in [0.05, 0.1) is 18.1 Å². The van der Waals surface area contributed by atoms with Gasteiger partial charge in [0, 0.05) is 47.5 Å². The average Bonchev–Trinajstić information content (AvgIpc) is 2.99. The first-order valence-corrected chi connectivity index (χ1v) is 13.8. The normalized spacial score (nSPS) is 42.5. The maximum absolute atomic E-state index is 14.1. The maximum Gasteiger partial charge on any atom is 0.306 e. The number of allylic oxidation sites excluding steroid dienone is 1. The van der Waals surface area contributed by atoms with Crippen LogP contribution in [0.3, 0.4) is 0 Å². The first kappa shape index (κ1) is 28.2. The predicted octanol–water partition coefficient (Wildman–Crippen LogP) is 4.13. The lowest BCUT2D eigenvalue weighted by Crippen LogP contribution is -2.60. The second-order valence-electron chi connectivity index (χ2n) is 13.9. The van der Waals surface area contributed by atoms with Gasteiger partial charge in [0.2, 0.25) is 0 Å². The summed E-state index contributed by atoms with van der Waals surface area (Å²) in [6.07, 6.45) is 0.421. The number of hydrogen-bond acceptors (Lipinski definition) is 6. The van der Waals surface area contributed by atoms with E-state index in [9.17, 15) is 34.5 Å². The molecule has 0 bridgehead atoms. The number of fused-ring (bicyclic) bond motifs is 4. The van der Waals surface area contributed by atoms with Crippen molar-refractivity contribution < 1.29 is 34.5 Å². The molecule has 37 heavy (non-hydrogen) atoms. The molecule has 0 aromatic carbocycles. The Morgan fingerprint density at radius 1 is 1.00 bits per heavy atom. The molecule has 0 unspecified atom stereocenters. The second kappa shape index (κ2) is 8.84. The number of aliphatic hydroxyl groups is 2. The molecule has 0 amide bonds. The third kappa shape index (κ3) is 3.82. The molecule has 2 saturated carbocycles. The fourth-order valence-electron chi connectivity index (χ4n) is 9.20. The van der Waals surface area contributed by atoms with E-state index >= 15 is 0 Å². The number of carboxylic acids is 1. The van der Waals surface area contributed by atoms with Gasteiger partial charge in [-0.05, 0) is 48.0 Å². The third-order valence-corrected chi connectivity index (χ3v) is 11.6. The molecule has 0 aromatic heterocycles. The van der Waals surface area contributed by atoms with E-state index in [0.29, 0.717) is 36.8 Å². The molecular formula is C30H44O7. The van der Waals surface area contributed by atoms with Crippen LogP contribution in [0.2, 0.25) is 0 Å². The van der Waals surface area contributed by atoms with Crippen LogP contribution in [0.5, 0.6) is 0 Å². The second-order valence-corrected chi connectivity index (χ2v) is 13.9. The average molecular weight is 517 g/mol. The van der Waals surface area contributed by atoms with Crippen LogP contribution in [0.4, 0.5) is 0 Å². The summed E-state index contributed by atoms with van der Waals surface area (Å²) in [5.74, 6) is -2.17. The van der Waals surface area contributed by atoms with Crippen molar-refractivity contribution in [1.29, 1.82) is 0 Å². The van der Waals surface area contributed by atoms with Gasteiger partial charge in [-0.3, -0.25) is 19.2 Å². The molecule has 0 heterocycles. The van der Waals surface area contributed by atoms with E-state index in [4.69, 9.17) is 0 Å². The van der Waals surface area contributed by atoms with Crippen LogP contribution in [-0.2, 0) is 19.2 Å². The van der Waals surface area contributed by atoms with Crippen molar-refractivity contribution >= 4 is 23.3 Å². The van der Waals surface area contributed by atoms with Crippen LogP contribution in [0.1, 0.15) is 93.4 Å². The maximum atomic E-state index is 14.1. The highest BCUT2D eigenvalue weighted by Gasteiger charge is 2.70. The zero-order chi connectivity index (χ0) is 27.9. The number of rotatable bonds is 6. The molecule has 2 fully saturated rings. The van der Waals surface area contributed by atoms with Crippen molar-refractivity contribution in [2.24, 2.45) is 45.3 Å². The number of aliphatic hydroxyl groups excluding tert-OH is 2. The monoisotopic (exact) mass is 516 g/mol. The quantitative estimate of drug-likeness (QED) is 0.484. The summed E-state index contributed by atoms with van der Waals surface area (Å²) in [5.41, 5.74) is -1.40. The van der Waals surface area contributed by atoms with Gasteiger partial charge >= 0.3 is 5.97 Å². The fourth-order valence-corrected chi connectivity index (χ4v) is 9.20. The zero-order valence-corrected chi connectivity index (χ0v) is 23.4. The van der Waals surface area contributed by atoms with Gasteiger partial charge in [-0.1, -0.05) is 48.5 Å². The lowest BCUT2D eigenvalue weighted by Gasteiger charge is -2.61. The van der Waals surface area contributed by atoms with Gasteiger partial charge < -0.3 is 15.3 Å². The summed E-state index contributed by atoms with van der Waals surface area (Å²) >= 11 is 0. The summed E-state index contributed by atoms with van der Waals surface area (Å²) in [5, 5.41) is 32.4. The summed E-state index contributed by atoms with van der Waals surface area (Å²) in [6, 6.07) is 0. The molecule has 7 nitrogen and oxygen atoms in total. The Balaban J connectivity index is 1.74. The van der Waals surface area contributed by atoms with Crippen molar-refractivity contribution in [3.63, 3.8) is 0 Å². The molecule has 3 N–H and O–H groups in total. The number of carbonyl (C=O) groups excluding carboxylic acids is 3. The van der Waals surface area contributed by atoms with Crippen LogP contribution in [0.25, 0.3) is 0 Å². The van der Waals surface area contributed by atoms with Crippen molar-refractivity contribution in [3.05, 3.63) is 11.1 Å². The number of Topliss-reactive ketones (excluding diaryl/α,β-unsaturated/α-hetero) is 3. The van der Waals surface area contributed by atoms with E-state index in [2.05, 4.69) is 6.92 Å². The smallest absolute Gasteiger partial charge is 0.306 e. The van der Waals surface area contributed by atoms with Gasteiger partial charge in [0.25, 0.3) is 0 Å². The highest BCUT2D eigenvalue weighted by Crippen LogP contribution is 2.71. The largest absolute Gasteiger partial charge is 0.481 e. The minimum atomic E-state index is -1.00. The van der Waals surface area contributed by atoms with E-state index in [1.165, 1.54) is 6.92 Å². The van der Waals surface area contributed by atoms with E-state index in [-0.39, 0.29) is 54.4 Å². The fraction of sp³-hybridized carbons (Fsp3) is 0.800. The number of carboxylic acid groups (broad SMARTS) is 1. The first-order chi connectivity index (χ1) is 16.9. The molecular weight excluding hydrogens is 472 g/mol. The molecule has 206 valence electrons. The van der Waals surface area contributed by atoms with Gasteiger partial charge in [0.15, 0.2) is 5.78 Å². The van der Waals surface area contributed by atoms with Crippen LogP contribution < -0.4 is 0 Å². The lowest BCUT2D eigenvalue weighted by molar-refractivity contribution is -0.146. The standard InChI is InChI=1S/C30H44O7/c1-15(10-17(31)11-16(2)26(36)37)18-12-23(35)30(7)25-19(32)13-21-27(3,4)22(34)8-9-28(21,5)24(25)20(33)14-29(18,30)6/h15-16,18-19,21,23,32,35H,8-14H2,1-7H3,(H,36,37)/t15-,16+,18-,19+,21+,23-,28+,29+,30+/m0/s1. The Bertz CT molecular complexity index is 1070. The first-order valence-electron chi connectivity index (χ1n) is 13.8. The number of ketones is 3. The summed E-state index contributed by atoms with van der Waals surface area (Å²) < 4.78 is 0. The molecule has 0 aliphatic heterocycles. The van der Waals surface area contributed by atoms with E-state index in [1.54, 1.807) is 0 Å². The van der Waals surface area contributed by atoms with Crippen LogP contribution in [0.15, 0.2) is 11.1 Å². The third-order valence-electron chi connectivity index (χ3n) is 11.6. The SMILES string of the molecule is C[C@H](CC(=O)C[C@H](C)[C@@H]1C[C@H](O)[C@]2(C)C3=C(C(=O)C[C@]12C)[C@]1(C)CCC(=O)C(C)(C)[C@H]1C[C@H]3O)C(=O)O. The van der Waals surface area contributed by atoms with Gasteiger partial charge in [-0.25, -0.2) is 0 Å². The lowest BCUT2D eigenvalue weighted by atomic mass is 9.42. The minimum Gasteiger partial charge on any atom is -0.481 e. The topological polar surface area (TPSA) is 129 Å². The van der Waals surface area contributed by atoms with Crippen molar-refractivity contribution in [1.82, 2.24) is 0 Å². The Morgan fingerprint density at radius 2 is 1.62 bits per heavy atom. The molecule has 4 rings (SSSR count). The Morgan fingerprint density at radius 3 is 2.22 bits per heavy atom. The molecule has 4 aliphatic rings. The van der Waals surface area contributed by atoms with Crippen LogP contribution in [0, 0.1) is 45.3 Å². The van der Waals surface area contributed by atoms with Gasteiger partial charge in [-0.15, -0.1) is 0 Å². The molecule has 9 atom stereocenters. The van der Waals surface area contributed by atoms with E-state index < -0.39 is 45.8 Å². The Hall–Kier alpha value is -1.86. The number of carbonyl (C=O) groups is 4. The molecule has 0 aromatic rings. The van der Waals surface area contributed by atoms with E-state index in [0.717, 1.165) is 0 Å². The van der Waals surface area contributed by atoms with Crippen molar-refractivity contribution in [3.8, 4) is 0 Å². The van der Waals surface area contributed by atoms with Crippen LogP contribution in [-0.4, -0.2) is 50.8 Å². The summed E-state index contributed by atoms with van der Waals surface area (Å²) in [7, 11) is 0. The summed E-state index contributed by atoms with van der Waals surface area (Å²) in [4.78, 5) is 50.8. The van der Waals surface area contributed by atoms with Crippen molar-refractivity contribution in [2.45, 2.75) is 106 Å². The summed E-state index contributed by atoms with van der Waals surface area (Å²) in [6.45, 7) is 13.4. The van der Waals surface area contributed by atoms with Crippen LogP contribution >= 0.6 is 0 Å². The van der Waals surface area contributed by atoms with E-state index in [1.807, 2.05) is 34.6 Å². The molecule has 0 saturated heterocycles. The number of hydrogen-bond donors (Lipinski definition) is 3. The highest BCUT2D eigenvalue weighted by atomic mass is 16.4. The molecule has 4 aliphatic carbocycles. The molecule has 0 spiro atoms. The van der Waals surface area contributed by atoms with Gasteiger partial charge in [-0.2, -0.15) is 0 Å². The minimum absolute atomic E-state index is 0.0106.